The van der Waals surface area contributed by atoms with Crippen molar-refractivity contribution in [2.24, 2.45) is 0 Å². The van der Waals surface area contributed by atoms with Crippen LogP contribution in [0.5, 0.6) is 0 Å². The number of Topliss-reactive ketones (excluding diaryl/α,β-unsaturated/α-hetero) is 1. The molecule has 0 aromatic heterocycles. The van der Waals surface area contributed by atoms with Crippen molar-refractivity contribution in [2.45, 2.75) is 39.0 Å². The molecule has 1 heteroatoms. The number of aryl methyl sites for hydroxylation is 1. The summed E-state index contributed by atoms with van der Waals surface area (Å²) in [6.45, 7) is 6.45. The Morgan fingerprint density at radius 3 is 2.15 bits per heavy atom. The first kappa shape index (κ1) is 14.5. The van der Waals surface area contributed by atoms with E-state index in [0.29, 0.717) is 6.42 Å². The molecule has 0 aliphatic rings. The fourth-order valence-electron chi connectivity index (χ4n) is 2.42. The fraction of sp³-hybridized carbons (Fsp3) is 0.316. The molecule has 0 saturated heterocycles. The molecular weight excluding hydrogens is 244 g/mol. The third-order valence-electron chi connectivity index (χ3n) is 3.52. The van der Waals surface area contributed by atoms with Gasteiger partial charge < -0.3 is 0 Å². The highest BCUT2D eigenvalue weighted by Crippen LogP contribution is 2.26. The second-order valence-corrected chi connectivity index (χ2v) is 6.20. The predicted molar refractivity (Wildman–Crippen MR) is 84.2 cm³/mol. The first-order valence-corrected chi connectivity index (χ1v) is 7.15. The Hall–Kier alpha value is -1.89. The topological polar surface area (TPSA) is 17.1 Å². The molecule has 0 saturated carbocycles. The molecule has 1 nitrogen and oxygen atoms in total. The molecule has 0 aliphatic heterocycles. The van der Waals surface area contributed by atoms with Crippen molar-refractivity contribution in [1.29, 1.82) is 0 Å². The minimum absolute atomic E-state index is 0.000992. The van der Waals surface area contributed by atoms with Gasteiger partial charge >= 0.3 is 0 Å². The van der Waals surface area contributed by atoms with Crippen LogP contribution in [0.1, 0.15) is 48.7 Å². The van der Waals surface area contributed by atoms with E-state index in [2.05, 4.69) is 39.0 Å². The molecule has 0 fully saturated rings. The summed E-state index contributed by atoms with van der Waals surface area (Å²) in [5.74, 6) is 0.236. The van der Waals surface area contributed by atoms with Crippen molar-refractivity contribution >= 4 is 5.78 Å². The standard InChI is InChI=1S/C19H22O/c1-19(2,3)17-12-8-7-11-16(17)18(20)14-13-15-9-5-4-6-10-15/h4-12H,13-14H2,1-3H3. The number of hydrogen-bond donors (Lipinski definition) is 0. The van der Waals surface area contributed by atoms with E-state index in [1.54, 1.807) is 0 Å². The highest BCUT2D eigenvalue weighted by Gasteiger charge is 2.20. The summed E-state index contributed by atoms with van der Waals surface area (Å²) in [4.78, 5) is 12.5. The first-order valence-electron chi connectivity index (χ1n) is 7.15. The van der Waals surface area contributed by atoms with Crippen molar-refractivity contribution in [3.05, 3.63) is 71.3 Å². The average Bonchev–Trinajstić information content (AvgIpc) is 2.45. The van der Waals surface area contributed by atoms with Crippen LogP contribution in [0.2, 0.25) is 0 Å². The van der Waals surface area contributed by atoms with E-state index < -0.39 is 0 Å². The lowest BCUT2D eigenvalue weighted by molar-refractivity contribution is 0.0980. The Labute approximate surface area is 121 Å². The van der Waals surface area contributed by atoms with Crippen LogP contribution < -0.4 is 0 Å². The molecule has 0 unspecified atom stereocenters. The molecule has 0 atom stereocenters. The maximum atomic E-state index is 12.5. The van der Waals surface area contributed by atoms with Crippen molar-refractivity contribution in [3.63, 3.8) is 0 Å². The van der Waals surface area contributed by atoms with Gasteiger partial charge in [-0.25, -0.2) is 0 Å². The summed E-state index contributed by atoms with van der Waals surface area (Å²) in [5.41, 5.74) is 3.22. The van der Waals surface area contributed by atoms with Gasteiger partial charge in [0, 0.05) is 12.0 Å². The van der Waals surface area contributed by atoms with Gasteiger partial charge in [-0.1, -0.05) is 75.4 Å². The van der Waals surface area contributed by atoms with Gasteiger partial charge in [-0.2, -0.15) is 0 Å². The Morgan fingerprint density at radius 2 is 1.50 bits per heavy atom. The van der Waals surface area contributed by atoms with Gasteiger partial charge in [0.2, 0.25) is 0 Å². The first-order chi connectivity index (χ1) is 9.48. The van der Waals surface area contributed by atoms with Gasteiger partial charge in [-0.15, -0.1) is 0 Å². The van der Waals surface area contributed by atoms with E-state index in [1.165, 1.54) is 5.56 Å². The largest absolute Gasteiger partial charge is 0.294 e. The highest BCUT2D eigenvalue weighted by atomic mass is 16.1. The lowest BCUT2D eigenvalue weighted by atomic mass is 9.82. The smallest absolute Gasteiger partial charge is 0.163 e. The number of benzene rings is 2. The molecule has 0 heterocycles. The van der Waals surface area contributed by atoms with Crippen LogP contribution in [0.3, 0.4) is 0 Å². The van der Waals surface area contributed by atoms with Crippen LogP contribution in [0.15, 0.2) is 54.6 Å². The van der Waals surface area contributed by atoms with E-state index in [4.69, 9.17) is 0 Å². The molecule has 2 aromatic rings. The molecule has 2 rings (SSSR count). The lowest BCUT2D eigenvalue weighted by Crippen LogP contribution is -2.17. The quantitative estimate of drug-likeness (QED) is 0.726. The third-order valence-corrected chi connectivity index (χ3v) is 3.52. The van der Waals surface area contributed by atoms with Gasteiger partial charge in [0.05, 0.1) is 0 Å². The van der Waals surface area contributed by atoms with Crippen LogP contribution >= 0.6 is 0 Å². The van der Waals surface area contributed by atoms with Crippen LogP contribution in [0, 0.1) is 0 Å². The summed E-state index contributed by atoms with van der Waals surface area (Å²) in [6, 6.07) is 18.2. The molecule has 2 aromatic carbocycles. The van der Waals surface area contributed by atoms with Crippen molar-refractivity contribution in [3.8, 4) is 0 Å². The van der Waals surface area contributed by atoms with Crippen molar-refractivity contribution in [1.82, 2.24) is 0 Å². The minimum Gasteiger partial charge on any atom is -0.294 e. The summed E-state index contributed by atoms with van der Waals surface area (Å²) in [7, 11) is 0. The normalized spacial score (nSPS) is 11.3. The number of carbonyl (C=O) groups is 1. The number of hydrogen-bond acceptors (Lipinski definition) is 1. The summed E-state index contributed by atoms with van der Waals surface area (Å²) in [6.07, 6.45) is 1.37. The molecule has 0 bridgehead atoms. The highest BCUT2D eigenvalue weighted by molar-refractivity contribution is 5.97. The van der Waals surface area contributed by atoms with E-state index in [0.717, 1.165) is 17.5 Å². The van der Waals surface area contributed by atoms with Crippen LogP contribution in [0.4, 0.5) is 0 Å². The monoisotopic (exact) mass is 266 g/mol. The van der Waals surface area contributed by atoms with Crippen molar-refractivity contribution in [2.75, 3.05) is 0 Å². The number of rotatable bonds is 4. The SMILES string of the molecule is CC(C)(C)c1ccccc1C(=O)CCc1ccccc1. The van der Waals surface area contributed by atoms with E-state index in [1.807, 2.05) is 36.4 Å². The second kappa shape index (κ2) is 6.04. The average molecular weight is 266 g/mol. The molecule has 104 valence electrons. The Kier molecular flexibility index (Phi) is 4.39. The molecule has 0 radical (unpaired) electrons. The second-order valence-electron chi connectivity index (χ2n) is 6.20. The van der Waals surface area contributed by atoms with E-state index >= 15 is 0 Å². The van der Waals surface area contributed by atoms with Gasteiger partial charge in [-0.05, 0) is 23.0 Å². The maximum absolute atomic E-state index is 12.5. The van der Waals surface area contributed by atoms with Gasteiger partial charge in [0.15, 0.2) is 5.78 Å². The zero-order valence-corrected chi connectivity index (χ0v) is 12.5. The molecule has 20 heavy (non-hydrogen) atoms. The molecule has 0 N–H and O–H groups in total. The molecular formula is C19H22O. The van der Waals surface area contributed by atoms with E-state index in [9.17, 15) is 4.79 Å². The number of ketones is 1. The molecule has 0 amide bonds. The zero-order valence-electron chi connectivity index (χ0n) is 12.5. The fourth-order valence-corrected chi connectivity index (χ4v) is 2.42. The predicted octanol–water partition coefficient (Wildman–Crippen LogP) is 4.80. The van der Waals surface area contributed by atoms with E-state index in [-0.39, 0.29) is 11.2 Å². The number of carbonyl (C=O) groups excluding carboxylic acids is 1. The Bertz CT molecular complexity index is 576. The van der Waals surface area contributed by atoms with Crippen molar-refractivity contribution < 1.29 is 4.79 Å². The minimum atomic E-state index is -0.000992. The molecule has 0 aliphatic carbocycles. The third kappa shape index (κ3) is 3.57. The Balaban J connectivity index is 2.14. The summed E-state index contributed by atoms with van der Waals surface area (Å²) in [5, 5.41) is 0. The van der Waals surface area contributed by atoms with Crippen LogP contribution in [0.25, 0.3) is 0 Å². The summed E-state index contributed by atoms with van der Waals surface area (Å²) < 4.78 is 0. The lowest BCUT2D eigenvalue weighted by Gasteiger charge is -2.22. The molecule has 0 spiro atoms. The van der Waals surface area contributed by atoms with Gasteiger partial charge in [0.25, 0.3) is 0 Å². The maximum Gasteiger partial charge on any atom is 0.163 e. The van der Waals surface area contributed by atoms with Crippen LogP contribution in [-0.2, 0) is 11.8 Å². The Morgan fingerprint density at radius 1 is 0.900 bits per heavy atom. The van der Waals surface area contributed by atoms with Gasteiger partial charge in [0.1, 0.15) is 0 Å². The summed E-state index contributed by atoms with van der Waals surface area (Å²) >= 11 is 0. The zero-order chi connectivity index (χ0) is 14.6. The van der Waals surface area contributed by atoms with Crippen LogP contribution in [-0.4, -0.2) is 5.78 Å². The van der Waals surface area contributed by atoms with Gasteiger partial charge in [-0.3, -0.25) is 4.79 Å².